The lowest BCUT2D eigenvalue weighted by Crippen LogP contribution is -2.34. The number of rotatable bonds is 3. The molecule has 3 rings (SSSR count). The van der Waals surface area contributed by atoms with Gasteiger partial charge in [-0.3, -0.25) is 24.6 Å². The van der Waals surface area contributed by atoms with Crippen molar-refractivity contribution < 1.29 is 19.1 Å². The number of amides is 3. The fraction of sp³-hybridized carbons (Fsp3) is 0.111. The SMILES string of the molecule is COc1c(Br)cc(Br)cc1C(=O)NC(=S)Nc1ccc2c(c1)C(=O)N(C)C2=O. The number of hydrogen-bond donors (Lipinski definition) is 2. The second-order valence-corrected chi connectivity index (χ2v) is 7.98. The second-order valence-electron chi connectivity index (χ2n) is 5.81. The highest BCUT2D eigenvalue weighted by Crippen LogP contribution is 2.32. The maximum absolute atomic E-state index is 12.6. The van der Waals surface area contributed by atoms with Gasteiger partial charge in [-0.2, -0.15) is 0 Å². The van der Waals surface area contributed by atoms with Gasteiger partial charge in [0.1, 0.15) is 5.75 Å². The van der Waals surface area contributed by atoms with Crippen LogP contribution in [0.1, 0.15) is 31.1 Å². The van der Waals surface area contributed by atoms with E-state index < -0.39 is 5.91 Å². The summed E-state index contributed by atoms with van der Waals surface area (Å²) in [7, 11) is 2.88. The van der Waals surface area contributed by atoms with E-state index >= 15 is 0 Å². The maximum atomic E-state index is 12.6. The highest BCUT2D eigenvalue weighted by atomic mass is 79.9. The second kappa shape index (κ2) is 7.98. The molecule has 0 aromatic heterocycles. The third-order valence-corrected chi connectivity index (χ3v) is 5.28. The average molecular weight is 527 g/mol. The third kappa shape index (κ3) is 3.80. The zero-order valence-corrected chi connectivity index (χ0v) is 18.6. The number of imide groups is 1. The van der Waals surface area contributed by atoms with E-state index in [1.165, 1.54) is 20.2 Å². The predicted molar refractivity (Wildman–Crippen MR) is 115 cm³/mol. The molecule has 0 unspecified atom stereocenters. The number of anilines is 1. The Labute approximate surface area is 182 Å². The van der Waals surface area contributed by atoms with Gasteiger partial charge >= 0.3 is 0 Å². The first-order chi connectivity index (χ1) is 13.2. The molecule has 1 aliphatic rings. The highest BCUT2D eigenvalue weighted by molar-refractivity contribution is 9.11. The van der Waals surface area contributed by atoms with Gasteiger partial charge < -0.3 is 10.1 Å². The van der Waals surface area contributed by atoms with Crippen molar-refractivity contribution in [1.82, 2.24) is 10.2 Å². The molecule has 7 nitrogen and oxygen atoms in total. The van der Waals surface area contributed by atoms with Gasteiger partial charge in [-0.05, 0) is 58.5 Å². The Morgan fingerprint density at radius 1 is 1.11 bits per heavy atom. The molecular formula is C18H13Br2N3O4S. The Hall–Kier alpha value is -2.30. The molecule has 0 saturated heterocycles. The van der Waals surface area contributed by atoms with Gasteiger partial charge in [0.25, 0.3) is 17.7 Å². The Morgan fingerprint density at radius 3 is 2.46 bits per heavy atom. The van der Waals surface area contributed by atoms with Crippen LogP contribution in [0.3, 0.4) is 0 Å². The number of carbonyl (C=O) groups excluding carboxylic acids is 3. The van der Waals surface area contributed by atoms with E-state index in [0.717, 1.165) is 4.90 Å². The van der Waals surface area contributed by atoms with Gasteiger partial charge in [-0.1, -0.05) is 15.9 Å². The van der Waals surface area contributed by atoms with Crippen LogP contribution >= 0.6 is 44.1 Å². The molecule has 0 radical (unpaired) electrons. The number of nitrogens with one attached hydrogen (secondary N) is 2. The summed E-state index contributed by atoms with van der Waals surface area (Å²) in [5.74, 6) is -0.839. The van der Waals surface area contributed by atoms with Gasteiger partial charge in [0.05, 0.1) is 28.3 Å². The quantitative estimate of drug-likeness (QED) is 0.469. The Kier molecular flexibility index (Phi) is 5.82. The molecule has 2 N–H and O–H groups in total. The molecule has 0 bridgehead atoms. The number of methoxy groups -OCH3 is 1. The molecule has 144 valence electrons. The largest absolute Gasteiger partial charge is 0.495 e. The number of nitrogens with zero attached hydrogens (tertiary/aromatic N) is 1. The van der Waals surface area contributed by atoms with E-state index in [2.05, 4.69) is 42.5 Å². The van der Waals surface area contributed by atoms with E-state index in [1.54, 1.807) is 24.3 Å². The fourth-order valence-corrected chi connectivity index (χ4v) is 4.31. The van der Waals surface area contributed by atoms with Crippen molar-refractivity contribution in [2.24, 2.45) is 0 Å². The number of fused-ring (bicyclic) bond motifs is 1. The first kappa shape index (κ1) is 20.4. The van der Waals surface area contributed by atoms with Crippen LogP contribution in [0.25, 0.3) is 0 Å². The molecule has 2 aromatic rings. The molecule has 0 atom stereocenters. The van der Waals surface area contributed by atoms with Crippen LogP contribution in [0.4, 0.5) is 5.69 Å². The van der Waals surface area contributed by atoms with E-state index in [-0.39, 0.29) is 28.1 Å². The molecule has 0 fully saturated rings. The Morgan fingerprint density at radius 2 is 1.79 bits per heavy atom. The summed E-state index contributed by atoms with van der Waals surface area (Å²) in [5.41, 5.74) is 1.37. The molecule has 2 aromatic carbocycles. The van der Waals surface area contributed by atoms with Gasteiger partial charge in [-0.15, -0.1) is 0 Å². The van der Waals surface area contributed by atoms with Gasteiger partial charge in [0, 0.05) is 17.2 Å². The normalized spacial score (nSPS) is 12.6. The average Bonchev–Trinajstić information content (AvgIpc) is 2.85. The van der Waals surface area contributed by atoms with Crippen molar-refractivity contribution in [2.75, 3.05) is 19.5 Å². The molecule has 1 aliphatic heterocycles. The molecule has 28 heavy (non-hydrogen) atoms. The molecular weight excluding hydrogens is 514 g/mol. The van der Waals surface area contributed by atoms with Crippen LogP contribution in [0.5, 0.6) is 5.75 Å². The first-order valence-corrected chi connectivity index (χ1v) is 9.84. The van der Waals surface area contributed by atoms with Crippen LogP contribution in [0, 0.1) is 0 Å². The van der Waals surface area contributed by atoms with Crippen molar-refractivity contribution in [3.8, 4) is 5.75 Å². The van der Waals surface area contributed by atoms with E-state index in [9.17, 15) is 14.4 Å². The zero-order valence-electron chi connectivity index (χ0n) is 14.6. The lowest BCUT2D eigenvalue weighted by atomic mass is 10.1. The van der Waals surface area contributed by atoms with E-state index in [0.29, 0.717) is 25.9 Å². The van der Waals surface area contributed by atoms with Gasteiger partial charge in [0.2, 0.25) is 0 Å². The minimum absolute atomic E-state index is 0.0354. The summed E-state index contributed by atoms with van der Waals surface area (Å²) < 4.78 is 6.57. The molecule has 1 heterocycles. The topological polar surface area (TPSA) is 87.7 Å². The summed E-state index contributed by atoms with van der Waals surface area (Å²) in [6, 6.07) is 8.04. The lowest BCUT2D eigenvalue weighted by Gasteiger charge is -2.13. The number of benzene rings is 2. The molecule has 10 heteroatoms. The Balaban J connectivity index is 1.76. The summed E-state index contributed by atoms with van der Waals surface area (Å²) >= 11 is 11.9. The predicted octanol–water partition coefficient (Wildman–Crippen LogP) is 3.57. The lowest BCUT2D eigenvalue weighted by molar-refractivity contribution is 0.0692. The van der Waals surface area contributed by atoms with Crippen LogP contribution in [-0.4, -0.2) is 41.9 Å². The molecule has 0 spiro atoms. The zero-order chi connectivity index (χ0) is 20.6. The van der Waals surface area contributed by atoms with Crippen LogP contribution in [-0.2, 0) is 0 Å². The number of halogens is 2. The number of carbonyl (C=O) groups is 3. The van der Waals surface area contributed by atoms with Gasteiger partial charge in [0.15, 0.2) is 5.11 Å². The molecule has 3 amide bonds. The van der Waals surface area contributed by atoms with Crippen LogP contribution < -0.4 is 15.4 Å². The van der Waals surface area contributed by atoms with E-state index in [1.807, 2.05) is 0 Å². The minimum atomic E-state index is -0.469. The monoisotopic (exact) mass is 525 g/mol. The van der Waals surface area contributed by atoms with Gasteiger partial charge in [-0.25, -0.2) is 0 Å². The third-order valence-electron chi connectivity index (χ3n) is 4.03. The van der Waals surface area contributed by atoms with Crippen molar-refractivity contribution >= 4 is 72.6 Å². The standard InChI is InChI=1S/C18H13Br2N3O4S/c1-23-16(25)10-4-3-9(7-11(10)17(23)26)21-18(28)22-15(24)12-5-8(19)6-13(20)14(12)27-2/h3-7H,1-2H3,(H2,21,22,24,28). The van der Waals surface area contributed by atoms with Crippen molar-refractivity contribution in [2.45, 2.75) is 0 Å². The van der Waals surface area contributed by atoms with Crippen molar-refractivity contribution in [3.63, 3.8) is 0 Å². The summed E-state index contributed by atoms with van der Waals surface area (Å²) in [4.78, 5) is 37.7. The summed E-state index contributed by atoms with van der Waals surface area (Å²) in [6.07, 6.45) is 0. The van der Waals surface area contributed by atoms with Crippen LogP contribution in [0.15, 0.2) is 39.3 Å². The van der Waals surface area contributed by atoms with Crippen LogP contribution in [0.2, 0.25) is 0 Å². The van der Waals surface area contributed by atoms with Crippen molar-refractivity contribution in [1.29, 1.82) is 0 Å². The van der Waals surface area contributed by atoms with E-state index in [4.69, 9.17) is 17.0 Å². The minimum Gasteiger partial charge on any atom is -0.495 e. The number of ether oxygens (including phenoxy) is 1. The Bertz CT molecular complexity index is 1040. The number of thiocarbonyl (C=S) groups is 1. The first-order valence-electron chi connectivity index (χ1n) is 7.84. The summed E-state index contributed by atoms with van der Waals surface area (Å²) in [6.45, 7) is 0. The maximum Gasteiger partial charge on any atom is 0.261 e. The number of hydrogen-bond acceptors (Lipinski definition) is 5. The fourth-order valence-electron chi connectivity index (χ4n) is 2.71. The molecule has 0 aliphatic carbocycles. The smallest absolute Gasteiger partial charge is 0.261 e. The molecule has 0 saturated carbocycles. The summed E-state index contributed by atoms with van der Waals surface area (Å²) in [5, 5.41) is 5.45. The van der Waals surface area contributed by atoms with Crippen molar-refractivity contribution in [3.05, 3.63) is 56.0 Å². The highest BCUT2D eigenvalue weighted by Gasteiger charge is 2.32.